The summed E-state index contributed by atoms with van der Waals surface area (Å²) in [6, 6.07) is 12.9. The Labute approximate surface area is 163 Å². The van der Waals surface area contributed by atoms with Gasteiger partial charge < -0.3 is 9.47 Å². The average molecular weight is 436 g/mol. The van der Waals surface area contributed by atoms with E-state index in [9.17, 15) is 4.79 Å². The van der Waals surface area contributed by atoms with Gasteiger partial charge in [-0.3, -0.25) is 9.69 Å². The second-order valence-corrected chi connectivity index (χ2v) is 7.69. The van der Waals surface area contributed by atoms with Crippen molar-refractivity contribution in [2.24, 2.45) is 0 Å². The predicted octanol–water partition coefficient (Wildman–Crippen LogP) is 4.87. The van der Waals surface area contributed by atoms with Crippen molar-refractivity contribution in [2.75, 3.05) is 19.1 Å². The minimum atomic E-state index is -0.143. The fraction of sp³-hybridized carbons (Fsp3) is 0.111. The quantitative estimate of drug-likeness (QED) is 0.505. The number of benzene rings is 2. The maximum Gasteiger partial charge on any atom is 0.270 e. The Hall–Kier alpha value is -1.83. The number of thiocarbonyl (C=S) groups is 1. The van der Waals surface area contributed by atoms with Crippen molar-refractivity contribution >= 4 is 61.9 Å². The van der Waals surface area contributed by atoms with Crippen molar-refractivity contribution < 1.29 is 14.3 Å². The molecule has 0 spiro atoms. The maximum atomic E-state index is 12.8. The number of rotatable bonds is 4. The third-order valence-electron chi connectivity index (χ3n) is 3.61. The van der Waals surface area contributed by atoms with E-state index in [1.165, 1.54) is 16.7 Å². The van der Waals surface area contributed by atoms with Crippen LogP contribution in [0.25, 0.3) is 6.08 Å². The molecule has 1 aliphatic rings. The monoisotopic (exact) mass is 435 g/mol. The van der Waals surface area contributed by atoms with Crippen LogP contribution < -0.4 is 14.4 Å². The van der Waals surface area contributed by atoms with Gasteiger partial charge in [0.25, 0.3) is 5.91 Å². The molecule has 0 unspecified atom stereocenters. The molecular formula is C18H14BrNO3S2. The first-order valence-corrected chi connectivity index (χ1v) is 9.31. The lowest BCUT2D eigenvalue weighted by Gasteiger charge is -2.14. The van der Waals surface area contributed by atoms with Crippen LogP contribution in [0.5, 0.6) is 11.5 Å². The lowest BCUT2D eigenvalue weighted by molar-refractivity contribution is -0.113. The van der Waals surface area contributed by atoms with Gasteiger partial charge in [0.15, 0.2) is 4.32 Å². The first-order chi connectivity index (χ1) is 12.0. The largest absolute Gasteiger partial charge is 0.497 e. The molecule has 0 N–H and O–H groups in total. The third-order valence-corrected chi connectivity index (χ3v) is 5.44. The van der Waals surface area contributed by atoms with Gasteiger partial charge in [-0.1, -0.05) is 39.9 Å². The second kappa shape index (κ2) is 7.59. The Balaban J connectivity index is 1.94. The van der Waals surface area contributed by atoms with Crippen molar-refractivity contribution in [3.8, 4) is 11.5 Å². The number of thioether (sulfide) groups is 1. The van der Waals surface area contributed by atoms with Gasteiger partial charge in [-0.15, -0.1) is 0 Å². The van der Waals surface area contributed by atoms with E-state index in [1.54, 1.807) is 26.4 Å². The molecule has 4 nitrogen and oxygen atoms in total. The van der Waals surface area contributed by atoms with Gasteiger partial charge >= 0.3 is 0 Å². The van der Waals surface area contributed by atoms with Gasteiger partial charge in [-0.25, -0.2) is 0 Å². The number of carbonyl (C=O) groups excluding carboxylic acids is 1. The highest BCUT2D eigenvalue weighted by molar-refractivity contribution is 9.10. The minimum absolute atomic E-state index is 0.143. The number of ether oxygens (including phenoxy) is 2. The van der Waals surface area contributed by atoms with E-state index < -0.39 is 0 Å². The molecule has 0 bridgehead atoms. The van der Waals surface area contributed by atoms with E-state index in [2.05, 4.69) is 15.9 Å². The predicted molar refractivity (Wildman–Crippen MR) is 109 cm³/mol. The number of methoxy groups -OCH3 is 2. The molecule has 0 aromatic heterocycles. The summed E-state index contributed by atoms with van der Waals surface area (Å²) in [7, 11) is 3.18. The molecule has 2 aromatic rings. The van der Waals surface area contributed by atoms with Crippen molar-refractivity contribution in [2.45, 2.75) is 0 Å². The van der Waals surface area contributed by atoms with Crippen molar-refractivity contribution in [3.05, 3.63) is 57.4 Å². The summed E-state index contributed by atoms with van der Waals surface area (Å²) in [4.78, 5) is 14.9. The van der Waals surface area contributed by atoms with E-state index in [4.69, 9.17) is 21.7 Å². The average Bonchev–Trinajstić information content (AvgIpc) is 2.90. The van der Waals surface area contributed by atoms with Crippen LogP contribution in [0, 0.1) is 0 Å². The first kappa shape index (κ1) is 18.0. The molecule has 7 heteroatoms. The standard InChI is InChI=1S/C18H14BrNO3S2/c1-22-14-8-3-11(15(10-14)23-2)9-16-17(21)20(18(24)25-16)13-6-4-12(19)5-7-13/h3-10H,1-2H3. The van der Waals surface area contributed by atoms with Crippen molar-refractivity contribution in [1.29, 1.82) is 0 Å². The Morgan fingerprint density at radius 1 is 1.12 bits per heavy atom. The fourth-order valence-electron chi connectivity index (χ4n) is 2.36. The number of halogens is 1. The first-order valence-electron chi connectivity index (χ1n) is 7.29. The highest BCUT2D eigenvalue weighted by Crippen LogP contribution is 2.37. The van der Waals surface area contributed by atoms with Gasteiger partial charge in [0.2, 0.25) is 0 Å². The molecule has 0 saturated carbocycles. The second-order valence-electron chi connectivity index (χ2n) is 5.10. The van der Waals surface area contributed by atoms with Crippen LogP contribution in [0.4, 0.5) is 5.69 Å². The van der Waals surface area contributed by atoms with Crippen molar-refractivity contribution in [1.82, 2.24) is 0 Å². The lowest BCUT2D eigenvalue weighted by Crippen LogP contribution is -2.27. The Kier molecular flexibility index (Phi) is 5.46. The lowest BCUT2D eigenvalue weighted by atomic mass is 10.1. The van der Waals surface area contributed by atoms with Crippen LogP contribution in [-0.2, 0) is 4.79 Å². The van der Waals surface area contributed by atoms with Crippen molar-refractivity contribution in [3.63, 3.8) is 0 Å². The molecule has 128 valence electrons. The van der Waals surface area contributed by atoms with Crippen LogP contribution in [0.3, 0.4) is 0 Å². The molecule has 1 saturated heterocycles. The minimum Gasteiger partial charge on any atom is -0.497 e. The van der Waals surface area contributed by atoms with Crippen LogP contribution in [0.1, 0.15) is 5.56 Å². The zero-order valence-corrected chi connectivity index (χ0v) is 16.7. The Morgan fingerprint density at radius 2 is 1.84 bits per heavy atom. The molecule has 2 aromatic carbocycles. The van der Waals surface area contributed by atoms with Crippen LogP contribution in [-0.4, -0.2) is 24.4 Å². The SMILES string of the molecule is COc1ccc(C=C2SC(=S)N(c3ccc(Br)cc3)C2=O)c(OC)c1. The van der Waals surface area contributed by atoms with E-state index in [0.29, 0.717) is 20.7 Å². The van der Waals surface area contributed by atoms with E-state index >= 15 is 0 Å². The van der Waals surface area contributed by atoms with E-state index in [0.717, 1.165) is 15.7 Å². The Bertz CT molecular complexity index is 865. The number of hydrogen-bond acceptors (Lipinski definition) is 5. The van der Waals surface area contributed by atoms with Gasteiger partial charge in [0, 0.05) is 16.1 Å². The van der Waals surface area contributed by atoms with Gasteiger partial charge in [0.1, 0.15) is 11.5 Å². The maximum absolute atomic E-state index is 12.8. The molecule has 1 fully saturated rings. The van der Waals surface area contributed by atoms with E-state index in [-0.39, 0.29) is 5.91 Å². The number of carbonyl (C=O) groups is 1. The summed E-state index contributed by atoms with van der Waals surface area (Å²) in [6.45, 7) is 0. The molecule has 1 aliphatic heterocycles. The third kappa shape index (κ3) is 3.73. The Morgan fingerprint density at radius 3 is 2.48 bits per heavy atom. The number of amides is 1. The van der Waals surface area contributed by atoms with E-state index in [1.807, 2.05) is 36.4 Å². The number of nitrogens with zero attached hydrogens (tertiary/aromatic N) is 1. The molecule has 0 radical (unpaired) electrons. The zero-order chi connectivity index (χ0) is 18.0. The molecule has 1 amide bonds. The molecule has 0 aliphatic carbocycles. The summed E-state index contributed by atoms with van der Waals surface area (Å²) in [5, 5.41) is 0. The van der Waals surface area contributed by atoms with Crippen LogP contribution >= 0.6 is 39.9 Å². The topological polar surface area (TPSA) is 38.8 Å². The molecule has 25 heavy (non-hydrogen) atoms. The van der Waals surface area contributed by atoms with Crippen LogP contribution in [0.2, 0.25) is 0 Å². The summed E-state index contributed by atoms with van der Waals surface area (Å²) in [5.74, 6) is 1.18. The number of anilines is 1. The highest BCUT2D eigenvalue weighted by atomic mass is 79.9. The van der Waals surface area contributed by atoms with Gasteiger partial charge in [0.05, 0.1) is 24.8 Å². The fourth-order valence-corrected chi connectivity index (χ4v) is 3.91. The normalized spacial score (nSPS) is 15.8. The van der Waals surface area contributed by atoms with Gasteiger partial charge in [-0.05, 0) is 42.5 Å². The van der Waals surface area contributed by atoms with Gasteiger partial charge in [-0.2, -0.15) is 0 Å². The summed E-state index contributed by atoms with van der Waals surface area (Å²) in [5.41, 5.74) is 1.54. The molecule has 3 rings (SSSR count). The smallest absolute Gasteiger partial charge is 0.270 e. The number of hydrogen-bond donors (Lipinski definition) is 0. The summed E-state index contributed by atoms with van der Waals surface area (Å²) >= 11 is 10.1. The molecular weight excluding hydrogens is 422 g/mol. The van der Waals surface area contributed by atoms with Crippen LogP contribution in [0.15, 0.2) is 51.8 Å². The highest BCUT2D eigenvalue weighted by Gasteiger charge is 2.33. The summed E-state index contributed by atoms with van der Waals surface area (Å²) < 4.78 is 12.0. The molecule has 1 heterocycles. The zero-order valence-electron chi connectivity index (χ0n) is 13.5. The molecule has 0 atom stereocenters. The summed E-state index contributed by atoms with van der Waals surface area (Å²) in [6.07, 6.45) is 1.79.